The molecule has 0 heterocycles. The standard InChI is InChI=1S/C15H17FN2O2S/c1-3-17-13-6-8-14(9-7-13)21(19,20)18-15-10-12(16)5-4-11(15)2/h4-10,17-18H,3H2,1-2H3. The van der Waals surface area contributed by atoms with E-state index in [0.717, 1.165) is 12.2 Å². The monoisotopic (exact) mass is 308 g/mol. The molecule has 2 rings (SSSR count). The van der Waals surface area contributed by atoms with Crippen LogP contribution in [0.4, 0.5) is 15.8 Å². The van der Waals surface area contributed by atoms with E-state index in [9.17, 15) is 12.8 Å². The fourth-order valence-electron chi connectivity index (χ4n) is 1.86. The maximum Gasteiger partial charge on any atom is 0.261 e. The van der Waals surface area contributed by atoms with Crippen LogP contribution in [0.15, 0.2) is 47.4 Å². The smallest absolute Gasteiger partial charge is 0.261 e. The summed E-state index contributed by atoms with van der Waals surface area (Å²) in [5.41, 5.74) is 1.74. The van der Waals surface area contributed by atoms with Gasteiger partial charge in [0.2, 0.25) is 0 Å². The lowest BCUT2D eigenvalue weighted by Gasteiger charge is -2.11. The molecule has 0 aromatic heterocycles. The summed E-state index contributed by atoms with van der Waals surface area (Å²) in [5.74, 6) is -0.485. The molecule has 0 saturated carbocycles. The van der Waals surface area contributed by atoms with Gasteiger partial charge in [-0.1, -0.05) is 6.07 Å². The van der Waals surface area contributed by atoms with Gasteiger partial charge < -0.3 is 5.32 Å². The minimum atomic E-state index is -3.73. The predicted octanol–water partition coefficient (Wildman–Crippen LogP) is 3.37. The lowest BCUT2D eigenvalue weighted by molar-refractivity contribution is 0.601. The third-order valence-corrected chi connectivity index (χ3v) is 4.37. The van der Waals surface area contributed by atoms with Crippen LogP contribution in [0.2, 0.25) is 0 Å². The highest BCUT2D eigenvalue weighted by Crippen LogP contribution is 2.21. The molecule has 0 unspecified atom stereocenters. The number of rotatable bonds is 5. The van der Waals surface area contributed by atoms with Gasteiger partial charge in [0.15, 0.2) is 0 Å². The Morgan fingerprint density at radius 3 is 2.38 bits per heavy atom. The van der Waals surface area contributed by atoms with E-state index >= 15 is 0 Å². The molecule has 2 N–H and O–H groups in total. The molecule has 2 aromatic carbocycles. The molecule has 0 aliphatic heterocycles. The first kappa shape index (κ1) is 15.3. The van der Waals surface area contributed by atoms with E-state index < -0.39 is 15.8 Å². The van der Waals surface area contributed by atoms with Crippen molar-refractivity contribution < 1.29 is 12.8 Å². The Morgan fingerprint density at radius 1 is 1.10 bits per heavy atom. The van der Waals surface area contributed by atoms with Crippen LogP contribution in [0.25, 0.3) is 0 Å². The van der Waals surface area contributed by atoms with E-state index in [1.807, 2.05) is 6.92 Å². The fourth-order valence-corrected chi connectivity index (χ4v) is 2.99. The molecule has 21 heavy (non-hydrogen) atoms. The zero-order valence-corrected chi connectivity index (χ0v) is 12.7. The first-order chi connectivity index (χ1) is 9.92. The Bertz CT molecular complexity index is 728. The number of anilines is 2. The molecule has 0 bridgehead atoms. The van der Waals surface area contributed by atoms with Gasteiger partial charge in [0, 0.05) is 12.2 Å². The summed E-state index contributed by atoms with van der Waals surface area (Å²) in [6, 6.07) is 10.4. The van der Waals surface area contributed by atoms with Crippen molar-refractivity contribution in [2.75, 3.05) is 16.6 Å². The van der Waals surface area contributed by atoms with Crippen molar-refractivity contribution in [3.63, 3.8) is 0 Å². The number of benzene rings is 2. The van der Waals surface area contributed by atoms with Crippen molar-refractivity contribution >= 4 is 21.4 Å². The predicted molar refractivity (Wildman–Crippen MR) is 82.6 cm³/mol. The topological polar surface area (TPSA) is 58.2 Å². The second-order valence-corrected chi connectivity index (χ2v) is 6.30. The van der Waals surface area contributed by atoms with Crippen LogP contribution in [0.1, 0.15) is 12.5 Å². The third-order valence-electron chi connectivity index (χ3n) is 2.99. The van der Waals surface area contributed by atoms with E-state index in [0.29, 0.717) is 5.56 Å². The van der Waals surface area contributed by atoms with Crippen molar-refractivity contribution in [1.82, 2.24) is 0 Å². The third kappa shape index (κ3) is 3.72. The quantitative estimate of drug-likeness (QED) is 0.890. The van der Waals surface area contributed by atoms with Crippen molar-refractivity contribution in [2.45, 2.75) is 18.7 Å². The minimum Gasteiger partial charge on any atom is -0.385 e. The van der Waals surface area contributed by atoms with Gasteiger partial charge in [-0.2, -0.15) is 0 Å². The van der Waals surface area contributed by atoms with Gasteiger partial charge in [-0.25, -0.2) is 12.8 Å². The number of aryl methyl sites for hydroxylation is 1. The van der Waals surface area contributed by atoms with Crippen molar-refractivity contribution in [3.8, 4) is 0 Å². The van der Waals surface area contributed by atoms with Crippen molar-refractivity contribution in [1.29, 1.82) is 0 Å². The highest BCUT2D eigenvalue weighted by molar-refractivity contribution is 7.92. The maximum atomic E-state index is 13.2. The molecule has 0 atom stereocenters. The van der Waals surface area contributed by atoms with Gasteiger partial charge in [0.1, 0.15) is 5.82 Å². The summed E-state index contributed by atoms with van der Waals surface area (Å²) in [6.45, 7) is 4.43. The Hall–Kier alpha value is -2.08. The Morgan fingerprint density at radius 2 is 1.76 bits per heavy atom. The molecule has 6 heteroatoms. The fraction of sp³-hybridized carbons (Fsp3) is 0.200. The summed E-state index contributed by atoms with van der Waals surface area (Å²) in [7, 11) is -3.73. The molecule has 2 aromatic rings. The molecule has 0 radical (unpaired) electrons. The number of sulfonamides is 1. The largest absolute Gasteiger partial charge is 0.385 e. The number of nitrogens with one attached hydrogen (secondary N) is 2. The number of hydrogen-bond donors (Lipinski definition) is 2. The Kier molecular flexibility index (Phi) is 4.47. The van der Waals surface area contributed by atoms with Crippen LogP contribution < -0.4 is 10.0 Å². The number of halogens is 1. The van der Waals surface area contributed by atoms with Gasteiger partial charge in [-0.05, 0) is 55.8 Å². The average Bonchev–Trinajstić information content (AvgIpc) is 2.44. The normalized spacial score (nSPS) is 11.2. The van der Waals surface area contributed by atoms with Gasteiger partial charge in [0.05, 0.1) is 10.6 Å². The second-order valence-electron chi connectivity index (χ2n) is 4.62. The second kappa shape index (κ2) is 6.13. The molecule has 0 amide bonds. The molecule has 0 aliphatic rings. The van der Waals surface area contributed by atoms with Gasteiger partial charge in [-0.3, -0.25) is 4.72 Å². The van der Waals surface area contributed by atoms with Gasteiger partial charge >= 0.3 is 0 Å². The van der Waals surface area contributed by atoms with E-state index in [1.165, 1.54) is 30.3 Å². The van der Waals surface area contributed by atoms with E-state index in [1.54, 1.807) is 19.1 Å². The van der Waals surface area contributed by atoms with Crippen molar-refractivity contribution in [2.24, 2.45) is 0 Å². The molecular weight excluding hydrogens is 291 g/mol. The van der Waals surface area contributed by atoms with Crippen LogP contribution in [0, 0.1) is 12.7 Å². The Labute approximate surface area is 124 Å². The minimum absolute atomic E-state index is 0.132. The molecule has 112 valence electrons. The molecule has 0 spiro atoms. The van der Waals surface area contributed by atoms with Crippen LogP contribution >= 0.6 is 0 Å². The summed E-state index contributed by atoms with van der Waals surface area (Å²) < 4.78 is 40.2. The highest BCUT2D eigenvalue weighted by Gasteiger charge is 2.15. The highest BCUT2D eigenvalue weighted by atomic mass is 32.2. The molecule has 4 nitrogen and oxygen atoms in total. The van der Waals surface area contributed by atoms with Crippen molar-refractivity contribution in [3.05, 3.63) is 53.8 Å². The van der Waals surface area contributed by atoms with E-state index in [-0.39, 0.29) is 10.6 Å². The van der Waals surface area contributed by atoms with Crippen LogP contribution in [0.3, 0.4) is 0 Å². The van der Waals surface area contributed by atoms with Crippen LogP contribution in [0.5, 0.6) is 0 Å². The molecular formula is C15H17FN2O2S. The zero-order valence-electron chi connectivity index (χ0n) is 11.9. The summed E-state index contributed by atoms with van der Waals surface area (Å²) in [6.07, 6.45) is 0. The number of hydrogen-bond acceptors (Lipinski definition) is 3. The first-order valence-electron chi connectivity index (χ1n) is 6.55. The zero-order chi connectivity index (χ0) is 15.5. The molecule has 0 saturated heterocycles. The van der Waals surface area contributed by atoms with E-state index in [4.69, 9.17) is 0 Å². The van der Waals surface area contributed by atoms with Gasteiger partial charge in [-0.15, -0.1) is 0 Å². The van der Waals surface area contributed by atoms with Gasteiger partial charge in [0.25, 0.3) is 10.0 Å². The summed E-state index contributed by atoms with van der Waals surface area (Å²) in [4.78, 5) is 0.132. The summed E-state index contributed by atoms with van der Waals surface area (Å²) in [5, 5.41) is 3.09. The Balaban J connectivity index is 2.27. The van der Waals surface area contributed by atoms with Crippen LogP contribution in [-0.4, -0.2) is 15.0 Å². The summed E-state index contributed by atoms with van der Waals surface area (Å²) >= 11 is 0. The molecule has 0 fully saturated rings. The van der Waals surface area contributed by atoms with Crippen LogP contribution in [-0.2, 0) is 10.0 Å². The van der Waals surface area contributed by atoms with E-state index in [2.05, 4.69) is 10.0 Å². The lowest BCUT2D eigenvalue weighted by atomic mass is 10.2. The lowest BCUT2D eigenvalue weighted by Crippen LogP contribution is -2.14. The molecule has 0 aliphatic carbocycles. The average molecular weight is 308 g/mol. The maximum absolute atomic E-state index is 13.2. The first-order valence-corrected chi connectivity index (χ1v) is 8.03. The SMILES string of the molecule is CCNc1ccc(S(=O)(=O)Nc2cc(F)ccc2C)cc1.